The van der Waals surface area contributed by atoms with E-state index in [1.165, 1.54) is 11.8 Å². The van der Waals surface area contributed by atoms with Gasteiger partial charge in [0, 0.05) is 15.8 Å². The highest BCUT2D eigenvalue weighted by atomic mass is 79.9. The largest absolute Gasteiger partial charge is 0.497 e. The van der Waals surface area contributed by atoms with Gasteiger partial charge in [-0.05, 0) is 48.5 Å². The summed E-state index contributed by atoms with van der Waals surface area (Å²) in [6.07, 6.45) is 1.58. The Morgan fingerprint density at radius 3 is 2.52 bits per heavy atom. The van der Waals surface area contributed by atoms with Crippen LogP contribution >= 0.6 is 27.7 Å². The Bertz CT molecular complexity index is 976. The molecule has 1 heterocycles. The molecule has 3 aromatic rings. The first-order valence-corrected chi connectivity index (χ1v) is 10.3. The number of nitrogens with one attached hydrogen (secondary N) is 2. The first-order valence-electron chi connectivity index (χ1n) is 8.54. The number of amides is 2. The minimum absolute atomic E-state index is 0.110. The van der Waals surface area contributed by atoms with E-state index in [1.54, 1.807) is 30.1 Å². The molecule has 0 aliphatic carbocycles. The normalized spacial score (nSPS) is 10.4. The molecule has 0 aliphatic rings. The fraction of sp³-hybridized carbons (Fsp3) is 0.158. The van der Waals surface area contributed by atoms with Gasteiger partial charge >= 0.3 is 0 Å². The number of methoxy groups -OCH3 is 1. The fourth-order valence-corrected chi connectivity index (χ4v) is 3.36. The lowest BCUT2D eigenvalue weighted by atomic mass is 10.3. The molecule has 0 aliphatic heterocycles. The number of aromatic nitrogens is 3. The van der Waals surface area contributed by atoms with Gasteiger partial charge in [0.1, 0.15) is 12.1 Å². The second-order valence-corrected chi connectivity index (χ2v) is 7.66. The van der Waals surface area contributed by atoms with Gasteiger partial charge in [-0.25, -0.2) is 0 Å². The topological polar surface area (TPSA) is 98.1 Å². The summed E-state index contributed by atoms with van der Waals surface area (Å²) in [7, 11) is 1.60. The highest BCUT2D eigenvalue weighted by Gasteiger charge is 2.11. The zero-order valence-electron chi connectivity index (χ0n) is 15.5. The molecule has 0 radical (unpaired) electrons. The van der Waals surface area contributed by atoms with E-state index in [9.17, 15) is 9.59 Å². The molecule has 2 amide bonds. The summed E-state index contributed by atoms with van der Waals surface area (Å²) >= 11 is 4.57. The maximum Gasteiger partial charge on any atom is 0.243 e. The molecule has 0 spiro atoms. The molecule has 29 heavy (non-hydrogen) atoms. The van der Waals surface area contributed by atoms with E-state index in [0.29, 0.717) is 10.8 Å². The van der Waals surface area contributed by atoms with Crippen molar-refractivity contribution in [3.8, 4) is 11.4 Å². The number of ether oxygens (including phenoxy) is 1. The molecule has 0 fully saturated rings. The number of anilines is 1. The van der Waals surface area contributed by atoms with E-state index in [4.69, 9.17) is 4.74 Å². The third-order valence-electron chi connectivity index (χ3n) is 3.77. The van der Waals surface area contributed by atoms with Gasteiger partial charge in [0.05, 0.1) is 19.4 Å². The highest BCUT2D eigenvalue weighted by Crippen LogP contribution is 2.21. The molecule has 2 N–H and O–H groups in total. The average molecular weight is 476 g/mol. The number of carbonyl (C=O) groups is 2. The van der Waals surface area contributed by atoms with Gasteiger partial charge in [0.25, 0.3) is 0 Å². The number of halogens is 1. The number of nitrogens with zero attached hydrogens (tertiary/aromatic N) is 3. The minimum Gasteiger partial charge on any atom is -0.497 e. The zero-order valence-corrected chi connectivity index (χ0v) is 17.9. The van der Waals surface area contributed by atoms with Gasteiger partial charge in [-0.15, -0.1) is 10.2 Å². The second kappa shape index (κ2) is 10.1. The van der Waals surface area contributed by atoms with E-state index in [0.717, 1.165) is 15.9 Å². The standard InChI is InChI=1S/C19H18BrN5O3S/c1-28-16-8-6-15(7-9-16)25-12-22-24-19(25)29-11-18(27)21-10-17(26)23-14-4-2-13(20)3-5-14/h2-9,12H,10-11H2,1H3,(H,21,27)(H,23,26). The van der Waals surface area contributed by atoms with Crippen molar-refractivity contribution < 1.29 is 14.3 Å². The van der Waals surface area contributed by atoms with Crippen molar-refractivity contribution in [3.05, 3.63) is 59.3 Å². The van der Waals surface area contributed by atoms with Gasteiger partial charge in [0.2, 0.25) is 11.8 Å². The van der Waals surface area contributed by atoms with Crippen LogP contribution in [0.4, 0.5) is 5.69 Å². The van der Waals surface area contributed by atoms with Crippen LogP contribution in [0.5, 0.6) is 5.75 Å². The number of carbonyl (C=O) groups excluding carboxylic acids is 2. The summed E-state index contributed by atoms with van der Waals surface area (Å²) in [5, 5.41) is 13.8. The predicted molar refractivity (Wildman–Crippen MR) is 114 cm³/mol. The number of hydrogen-bond donors (Lipinski definition) is 2. The van der Waals surface area contributed by atoms with Gasteiger partial charge in [-0.3, -0.25) is 14.2 Å². The number of rotatable bonds is 8. The van der Waals surface area contributed by atoms with Crippen molar-refractivity contribution in [2.45, 2.75) is 5.16 Å². The molecular weight excluding hydrogens is 458 g/mol. The van der Waals surface area contributed by atoms with Crippen LogP contribution in [0.25, 0.3) is 5.69 Å². The smallest absolute Gasteiger partial charge is 0.243 e. The van der Waals surface area contributed by atoms with Crippen LogP contribution in [-0.2, 0) is 9.59 Å². The maximum absolute atomic E-state index is 12.1. The third kappa shape index (κ3) is 6.06. The van der Waals surface area contributed by atoms with Gasteiger partial charge < -0.3 is 15.4 Å². The number of benzene rings is 2. The van der Waals surface area contributed by atoms with Crippen LogP contribution in [0.15, 0.2) is 64.5 Å². The Kier molecular flexibility index (Phi) is 7.25. The molecule has 0 atom stereocenters. The summed E-state index contributed by atoms with van der Waals surface area (Å²) in [5.74, 6) is 0.287. The van der Waals surface area contributed by atoms with Crippen molar-refractivity contribution >= 4 is 45.2 Å². The lowest BCUT2D eigenvalue weighted by Crippen LogP contribution is -2.33. The summed E-state index contributed by atoms with van der Waals surface area (Å²) < 4.78 is 7.85. The monoisotopic (exact) mass is 475 g/mol. The van der Waals surface area contributed by atoms with E-state index in [2.05, 4.69) is 36.8 Å². The van der Waals surface area contributed by atoms with Gasteiger partial charge in [0.15, 0.2) is 5.16 Å². The minimum atomic E-state index is -0.299. The van der Waals surface area contributed by atoms with Crippen LogP contribution in [0.2, 0.25) is 0 Å². The average Bonchev–Trinajstić information content (AvgIpc) is 3.21. The number of hydrogen-bond acceptors (Lipinski definition) is 6. The lowest BCUT2D eigenvalue weighted by Gasteiger charge is -2.08. The highest BCUT2D eigenvalue weighted by molar-refractivity contribution is 9.10. The summed E-state index contributed by atoms with van der Waals surface area (Å²) in [5.41, 5.74) is 1.52. The molecular formula is C19H18BrN5O3S. The van der Waals surface area contributed by atoms with Crippen LogP contribution in [-0.4, -0.2) is 46.0 Å². The fourth-order valence-electron chi connectivity index (χ4n) is 2.34. The zero-order chi connectivity index (χ0) is 20.6. The van der Waals surface area contributed by atoms with Crippen molar-refractivity contribution in [2.75, 3.05) is 24.7 Å². The van der Waals surface area contributed by atoms with E-state index in [-0.39, 0.29) is 24.1 Å². The molecule has 0 bridgehead atoms. The molecule has 10 heteroatoms. The Morgan fingerprint density at radius 1 is 1.10 bits per heavy atom. The van der Waals surface area contributed by atoms with E-state index >= 15 is 0 Å². The lowest BCUT2D eigenvalue weighted by molar-refractivity contribution is -0.122. The summed E-state index contributed by atoms with van der Waals surface area (Å²) in [6.45, 7) is -0.110. The molecule has 0 unspecified atom stereocenters. The van der Waals surface area contributed by atoms with Crippen LogP contribution in [0.3, 0.4) is 0 Å². The first kappa shape index (κ1) is 20.9. The Morgan fingerprint density at radius 2 is 1.83 bits per heavy atom. The predicted octanol–water partition coefficient (Wildman–Crippen LogP) is 2.89. The molecule has 3 rings (SSSR count). The van der Waals surface area contributed by atoms with E-state index < -0.39 is 0 Å². The summed E-state index contributed by atoms with van der Waals surface area (Å²) in [4.78, 5) is 24.0. The van der Waals surface area contributed by atoms with Crippen molar-refractivity contribution in [2.24, 2.45) is 0 Å². The molecule has 150 valence electrons. The second-order valence-electron chi connectivity index (χ2n) is 5.80. The molecule has 2 aromatic carbocycles. The molecule has 8 nitrogen and oxygen atoms in total. The third-order valence-corrected chi connectivity index (χ3v) is 5.25. The number of thioether (sulfide) groups is 1. The van der Waals surface area contributed by atoms with Crippen molar-refractivity contribution in [1.29, 1.82) is 0 Å². The van der Waals surface area contributed by atoms with Gasteiger partial charge in [-0.1, -0.05) is 27.7 Å². The van der Waals surface area contributed by atoms with Gasteiger partial charge in [-0.2, -0.15) is 0 Å². The Labute approximate surface area is 180 Å². The quantitative estimate of drug-likeness (QED) is 0.486. The Hall–Kier alpha value is -2.85. The molecule has 0 saturated carbocycles. The van der Waals surface area contributed by atoms with Crippen LogP contribution in [0.1, 0.15) is 0 Å². The first-order chi connectivity index (χ1) is 14.0. The maximum atomic E-state index is 12.1. The van der Waals surface area contributed by atoms with Crippen LogP contribution < -0.4 is 15.4 Å². The van der Waals surface area contributed by atoms with Crippen LogP contribution in [0, 0.1) is 0 Å². The Balaban J connectivity index is 1.47. The van der Waals surface area contributed by atoms with Crippen molar-refractivity contribution in [3.63, 3.8) is 0 Å². The van der Waals surface area contributed by atoms with E-state index in [1.807, 2.05) is 36.4 Å². The van der Waals surface area contributed by atoms with Crippen molar-refractivity contribution in [1.82, 2.24) is 20.1 Å². The SMILES string of the molecule is COc1ccc(-n2cnnc2SCC(=O)NCC(=O)Nc2ccc(Br)cc2)cc1. The molecule has 0 saturated heterocycles. The molecule has 1 aromatic heterocycles. The summed E-state index contributed by atoms with van der Waals surface area (Å²) in [6, 6.07) is 14.6.